The first-order valence-electron chi connectivity index (χ1n) is 12.8. The molecule has 39 heavy (non-hydrogen) atoms. The number of nitrogens with one attached hydrogen (secondary N) is 1. The van der Waals surface area contributed by atoms with E-state index in [1.54, 1.807) is 29.0 Å². The van der Waals surface area contributed by atoms with Gasteiger partial charge in [-0.25, -0.2) is 4.98 Å². The number of aryl methyl sites for hydroxylation is 3. The molecule has 8 nitrogen and oxygen atoms in total. The fourth-order valence-electron chi connectivity index (χ4n) is 4.45. The molecule has 2 aromatic carbocycles. The summed E-state index contributed by atoms with van der Waals surface area (Å²) >= 11 is 6.74. The first-order chi connectivity index (χ1) is 18.8. The van der Waals surface area contributed by atoms with Gasteiger partial charge >= 0.3 is 0 Å². The molecule has 0 radical (unpaired) electrons. The number of phenolic OH excluding ortho intramolecular Hbond substituents is 1. The van der Waals surface area contributed by atoms with Crippen LogP contribution in [0.5, 0.6) is 5.75 Å². The van der Waals surface area contributed by atoms with E-state index in [0.29, 0.717) is 51.9 Å². The quantitative estimate of drug-likeness (QED) is 0.207. The van der Waals surface area contributed by atoms with Gasteiger partial charge in [-0.3, -0.25) is 14.3 Å². The lowest BCUT2D eigenvalue weighted by atomic mass is 10.0. The van der Waals surface area contributed by atoms with Crippen molar-refractivity contribution < 1.29 is 5.11 Å². The van der Waals surface area contributed by atoms with E-state index < -0.39 is 0 Å². The minimum Gasteiger partial charge on any atom is -0.508 e. The van der Waals surface area contributed by atoms with Crippen LogP contribution in [0.15, 0.2) is 71.7 Å². The highest BCUT2D eigenvalue weighted by atomic mass is 35.5. The van der Waals surface area contributed by atoms with E-state index >= 15 is 0 Å². The van der Waals surface area contributed by atoms with Gasteiger partial charge in [0, 0.05) is 57.3 Å². The minimum absolute atomic E-state index is 0.171. The van der Waals surface area contributed by atoms with Crippen molar-refractivity contribution in [3.63, 3.8) is 0 Å². The first kappa shape index (κ1) is 26.3. The summed E-state index contributed by atoms with van der Waals surface area (Å²) in [4.78, 5) is 27.5. The van der Waals surface area contributed by atoms with E-state index in [4.69, 9.17) is 17.3 Å². The average molecular weight is 541 g/mol. The molecule has 5 aromatic rings. The molecule has 3 aromatic heterocycles. The number of unbranched alkanes of at least 4 members (excludes halogenated alkanes) is 1. The van der Waals surface area contributed by atoms with E-state index in [1.807, 2.05) is 56.3 Å². The highest BCUT2D eigenvalue weighted by molar-refractivity contribution is 6.33. The third-order valence-electron chi connectivity index (χ3n) is 6.57. The summed E-state index contributed by atoms with van der Waals surface area (Å²) in [5.74, 6) is 0.490. The normalized spacial score (nSPS) is 11.2. The van der Waals surface area contributed by atoms with Gasteiger partial charge < -0.3 is 16.2 Å². The van der Waals surface area contributed by atoms with Crippen molar-refractivity contribution in [2.45, 2.75) is 33.2 Å². The molecule has 9 heteroatoms. The Kier molecular flexibility index (Phi) is 7.58. The first-order valence-corrected chi connectivity index (χ1v) is 13.1. The molecule has 4 N–H and O–H groups in total. The number of rotatable bonds is 8. The standard InChI is InChI=1S/C30H29ClN6O2/c1-18-8-10-22(16-27(18)38)35-30-33-17-21-14-24(29(39)37(28(21)36-30)13-4-3-12-32)23-11-9-20(15-25(23)31)26-7-5-6-19(2)34-26/h5-11,14-17,38H,3-4,12-13,32H2,1-2H3,(H,33,35,36). The molecule has 0 amide bonds. The fraction of sp³-hybridized carbons (Fsp3) is 0.200. The number of fused-ring (bicyclic) bond motifs is 1. The van der Waals surface area contributed by atoms with Crippen molar-refractivity contribution in [1.29, 1.82) is 0 Å². The molecule has 0 aliphatic rings. The summed E-state index contributed by atoms with van der Waals surface area (Å²) < 4.78 is 1.66. The van der Waals surface area contributed by atoms with Crippen LogP contribution in [-0.4, -0.2) is 31.2 Å². The predicted octanol–water partition coefficient (Wildman–Crippen LogP) is 5.98. The molecular formula is C30H29ClN6O2. The van der Waals surface area contributed by atoms with E-state index in [-0.39, 0.29) is 11.3 Å². The summed E-state index contributed by atoms with van der Waals surface area (Å²) in [6.07, 6.45) is 3.18. The fourth-order valence-corrected chi connectivity index (χ4v) is 4.73. The zero-order valence-corrected chi connectivity index (χ0v) is 22.5. The lowest BCUT2D eigenvalue weighted by molar-refractivity contribution is 0.471. The zero-order valence-electron chi connectivity index (χ0n) is 21.8. The highest BCUT2D eigenvalue weighted by Crippen LogP contribution is 2.32. The summed E-state index contributed by atoms with van der Waals surface area (Å²) in [6, 6.07) is 18.5. The van der Waals surface area contributed by atoms with Gasteiger partial charge in [-0.15, -0.1) is 0 Å². The molecule has 5 rings (SSSR count). The summed E-state index contributed by atoms with van der Waals surface area (Å²) in [6.45, 7) is 4.74. The Labute approximate surface area is 231 Å². The van der Waals surface area contributed by atoms with Crippen LogP contribution in [0.1, 0.15) is 24.1 Å². The molecular weight excluding hydrogens is 512 g/mol. The van der Waals surface area contributed by atoms with E-state index in [1.165, 1.54) is 0 Å². The molecule has 198 valence electrons. The number of benzene rings is 2. The molecule has 0 atom stereocenters. The molecule has 0 saturated heterocycles. The second-order valence-corrected chi connectivity index (χ2v) is 9.88. The van der Waals surface area contributed by atoms with Crippen molar-refractivity contribution in [2.24, 2.45) is 5.73 Å². The van der Waals surface area contributed by atoms with Gasteiger partial charge in [0.1, 0.15) is 11.4 Å². The largest absolute Gasteiger partial charge is 0.508 e. The summed E-state index contributed by atoms with van der Waals surface area (Å²) in [5, 5.41) is 14.3. The smallest absolute Gasteiger partial charge is 0.260 e. The van der Waals surface area contributed by atoms with Crippen molar-refractivity contribution in [3.8, 4) is 28.1 Å². The van der Waals surface area contributed by atoms with E-state index in [9.17, 15) is 9.90 Å². The second-order valence-electron chi connectivity index (χ2n) is 9.47. The number of phenols is 1. The van der Waals surface area contributed by atoms with Gasteiger partial charge in [-0.1, -0.05) is 35.9 Å². The Morgan fingerprint density at radius 2 is 1.85 bits per heavy atom. The third kappa shape index (κ3) is 5.62. The molecule has 0 aliphatic carbocycles. The number of aromatic hydroxyl groups is 1. The van der Waals surface area contributed by atoms with Crippen molar-refractivity contribution in [1.82, 2.24) is 19.5 Å². The molecule has 0 fully saturated rings. The number of anilines is 2. The monoisotopic (exact) mass is 540 g/mol. The number of aromatic nitrogens is 4. The zero-order chi connectivity index (χ0) is 27.5. The molecule has 0 saturated carbocycles. The SMILES string of the molecule is Cc1cccc(-c2ccc(-c3cc4cnc(Nc5ccc(C)c(O)c5)nc4n(CCCCN)c3=O)c(Cl)c2)n1. The maximum atomic E-state index is 13.8. The third-order valence-corrected chi connectivity index (χ3v) is 6.88. The average Bonchev–Trinajstić information content (AvgIpc) is 2.92. The van der Waals surface area contributed by atoms with Crippen molar-refractivity contribution in [2.75, 3.05) is 11.9 Å². The molecule has 3 heterocycles. The van der Waals surface area contributed by atoms with Gasteiger partial charge in [-0.2, -0.15) is 4.98 Å². The Bertz CT molecular complexity index is 1730. The van der Waals surface area contributed by atoms with Gasteiger partial charge in [0.15, 0.2) is 0 Å². The Hall–Kier alpha value is -4.27. The predicted molar refractivity (Wildman–Crippen MR) is 157 cm³/mol. The van der Waals surface area contributed by atoms with Crippen LogP contribution in [0.25, 0.3) is 33.4 Å². The lowest BCUT2D eigenvalue weighted by Gasteiger charge is -2.15. The number of nitrogens with two attached hydrogens (primary N) is 1. The lowest BCUT2D eigenvalue weighted by Crippen LogP contribution is -2.24. The highest BCUT2D eigenvalue weighted by Gasteiger charge is 2.16. The minimum atomic E-state index is -0.194. The van der Waals surface area contributed by atoms with Crippen molar-refractivity contribution >= 4 is 34.3 Å². The van der Waals surface area contributed by atoms with Crippen LogP contribution in [-0.2, 0) is 6.54 Å². The van der Waals surface area contributed by atoms with E-state index in [0.717, 1.165) is 35.4 Å². The van der Waals surface area contributed by atoms with Gasteiger partial charge in [0.25, 0.3) is 5.56 Å². The van der Waals surface area contributed by atoms with Crippen LogP contribution >= 0.6 is 11.6 Å². The number of hydrogen-bond donors (Lipinski definition) is 3. The van der Waals surface area contributed by atoms with Crippen LogP contribution in [0.3, 0.4) is 0 Å². The second kappa shape index (κ2) is 11.2. The Balaban J connectivity index is 1.58. The number of hydrogen-bond acceptors (Lipinski definition) is 7. The van der Waals surface area contributed by atoms with E-state index in [2.05, 4.69) is 20.3 Å². The van der Waals surface area contributed by atoms with Crippen molar-refractivity contribution in [3.05, 3.63) is 93.5 Å². The van der Waals surface area contributed by atoms with Crippen LogP contribution < -0.4 is 16.6 Å². The van der Waals surface area contributed by atoms with Crippen LogP contribution in [0.2, 0.25) is 5.02 Å². The molecule has 0 aliphatic heterocycles. The molecule has 0 spiro atoms. The maximum Gasteiger partial charge on any atom is 0.260 e. The summed E-state index contributed by atoms with van der Waals surface area (Å²) in [7, 11) is 0. The maximum absolute atomic E-state index is 13.8. The topological polar surface area (TPSA) is 119 Å². The van der Waals surface area contributed by atoms with Gasteiger partial charge in [-0.05, 0) is 69.1 Å². The van der Waals surface area contributed by atoms with Crippen LogP contribution in [0, 0.1) is 13.8 Å². The number of pyridine rings is 2. The summed E-state index contributed by atoms with van der Waals surface area (Å²) in [5.41, 5.74) is 11.1. The number of nitrogens with zero attached hydrogens (tertiary/aromatic N) is 4. The van der Waals surface area contributed by atoms with Gasteiger partial charge in [0.2, 0.25) is 5.95 Å². The molecule has 0 unspecified atom stereocenters. The molecule has 0 bridgehead atoms. The number of halogens is 1. The van der Waals surface area contributed by atoms with Gasteiger partial charge in [0.05, 0.1) is 5.69 Å². The van der Waals surface area contributed by atoms with Crippen LogP contribution in [0.4, 0.5) is 11.6 Å². The Morgan fingerprint density at radius 1 is 1.00 bits per heavy atom. The Morgan fingerprint density at radius 3 is 2.59 bits per heavy atom.